The number of primary amides is 1. The minimum absolute atomic E-state index is 0.165. The van der Waals surface area contributed by atoms with Crippen molar-refractivity contribution < 1.29 is 9.59 Å². The second-order valence-electron chi connectivity index (χ2n) is 3.18. The molecule has 0 spiro atoms. The summed E-state index contributed by atoms with van der Waals surface area (Å²) in [6, 6.07) is 4.45. The van der Waals surface area contributed by atoms with Gasteiger partial charge in [-0.3, -0.25) is 4.79 Å². The highest BCUT2D eigenvalue weighted by atomic mass is 35.5. The zero-order valence-corrected chi connectivity index (χ0v) is 9.47. The maximum atomic E-state index is 11.4. The number of rotatable bonds is 3. The topological polar surface area (TPSA) is 84.2 Å². The second kappa shape index (κ2) is 5.37. The number of carbonyl (C=O) groups is 2. The molecule has 0 unspecified atom stereocenters. The fraction of sp³-hybridized carbons (Fsp3) is 0.200. The van der Waals surface area contributed by atoms with Crippen molar-refractivity contribution in [3.63, 3.8) is 0 Å². The first kappa shape index (κ1) is 12.3. The molecule has 0 aromatic heterocycles. The largest absolute Gasteiger partial charge is 0.352 e. The first-order valence-corrected chi connectivity index (χ1v) is 4.96. The normalized spacial score (nSPS) is 9.62. The van der Waals surface area contributed by atoms with Crippen molar-refractivity contribution in [1.82, 2.24) is 5.32 Å². The Balaban J connectivity index is 2.63. The minimum atomic E-state index is -0.738. The summed E-state index contributed by atoms with van der Waals surface area (Å²) in [6.45, 7) is 1.63. The molecule has 1 rings (SSSR count). The zero-order chi connectivity index (χ0) is 12.1. The molecule has 6 heteroatoms. The Bertz CT molecular complexity index is 421. The molecular weight excluding hydrogens is 230 g/mol. The van der Waals surface area contributed by atoms with Gasteiger partial charge >= 0.3 is 6.03 Å². The van der Waals surface area contributed by atoms with Crippen LogP contribution in [0.25, 0.3) is 0 Å². The molecule has 0 heterocycles. The van der Waals surface area contributed by atoms with Crippen molar-refractivity contribution in [3.05, 3.63) is 28.8 Å². The molecule has 86 valence electrons. The molecule has 3 amide bonds. The van der Waals surface area contributed by atoms with Crippen molar-refractivity contribution in [2.45, 2.75) is 6.92 Å². The van der Waals surface area contributed by atoms with Crippen LogP contribution in [0.3, 0.4) is 0 Å². The maximum absolute atomic E-state index is 11.4. The van der Waals surface area contributed by atoms with E-state index < -0.39 is 6.03 Å². The Labute approximate surface area is 98.0 Å². The van der Waals surface area contributed by atoms with Crippen LogP contribution in [0.15, 0.2) is 18.2 Å². The van der Waals surface area contributed by atoms with Crippen LogP contribution in [0.2, 0.25) is 5.02 Å². The molecule has 0 aliphatic carbocycles. The van der Waals surface area contributed by atoms with Crippen LogP contribution in [-0.2, 0) is 4.79 Å². The summed E-state index contributed by atoms with van der Waals surface area (Å²) < 4.78 is 0. The highest BCUT2D eigenvalue weighted by molar-refractivity contribution is 6.31. The summed E-state index contributed by atoms with van der Waals surface area (Å²) in [7, 11) is 0. The summed E-state index contributed by atoms with van der Waals surface area (Å²) in [5, 5.41) is 5.38. The van der Waals surface area contributed by atoms with Gasteiger partial charge in [0.2, 0.25) is 5.91 Å². The number of urea groups is 1. The first-order valence-electron chi connectivity index (χ1n) is 4.59. The van der Waals surface area contributed by atoms with E-state index in [0.717, 1.165) is 5.56 Å². The third-order valence-electron chi connectivity index (χ3n) is 1.96. The summed E-state index contributed by atoms with van der Waals surface area (Å²) >= 11 is 5.88. The van der Waals surface area contributed by atoms with Crippen molar-refractivity contribution in [1.29, 1.82) is 0 Å². The van der Waals surface area contributed by atoms with Gasteiger partial charge in [0.05, 0.1) is 6.54 Å². The van der Waals surface area contributed by atoms with Gasteiger partial charge in [0, 0.05) is 10.7 Å². The van der Waals surface area contributed by atoms with E-state index >= 15 is 0 Å². The average molecular weight is 242 g/mol. The second-order valence-corrected chi connectivity index (χ2v) is 3.59. The molecule has 0 aliphatic heterocycles. The molecule has 0 atom stereocenters. The quantitative estimate of drug-likeness (QED) is 0.744. The standard InChI is InChI=1S/C10H12ClN3O2/c1-6-7(11)3-2-4-8(6)14-9(15)5-13-10(12)16/h2-4H,5H2,1H3,(H,14,15)(H3,12,13,16). The molecule has 0 bridgehead atoms. The summed E-state index contributed by atoms with van der Waals surface area (Å²) in [5.41, 5.74) is 6.23. The van der Waals surface area contributed by atoms with Crippen molar-refractivity contribution >= 4 is 29.2 Å². The van der Waals surface area contributed by atoms with Crippen LogP contribution in [0.1, 0.15) is 5.56 Å². The number of carbonyl (C=O) groups excluding carboxylic acids is 2. The molecule has 0 radical (unpaired) electrons. The Hall–Kier alpha value is -1.75. The lowest BCUT2D eigenvalue weighted by atomic mass is 10.2. The number of hydrogen-bond donors (Lipinski definition) is 3. The number of anilines is 1. The van der Waals surface area contributed by atoms with Crippen molar-refractivity contribution in [3.8, 4) is 0 Å². The fourth-order valence-corrected chi connectivity index (χ4v) is 1.28. The third kappa shape index (κ3) is 3.43. The minimum Gasteiger partial charge on any atom is -0.352 e. The van der Waals surface area contributed by atoms with Gasteiger partial charge in [-0.2, -0.15) is 0 Å². The Morgan fingerprint density at radius 3 is 2.75 bits per heavy atom. The van der Waals surface area contributed by atoms with Crippen LogP contribution in [0, 0.1) is 6.92 Å². The average Bonchev–Trinajstić information content (AvgIpc) is 2.22. The number of hydrogen-bond acceptors (Lipinski definition) is 2. The molecule has 1 aromatic carbocycles. The summed E-state index contributed by atoms with van der Waals surface area (Å²) in [6.07, 6.45) is 0. The Morgan fingerprint density at radius 2 is 2.12 bits per heavy atom. The van der Waals surface area contributed by atoms with Crippen LogP contribution >= 0.6 is 11.6 Å². The van der Waals surface area contributed by atoms with Crippen LogP contribution < -0.4 is 16.4 Å². The highest BCUT2D eigenvalue weighted by Crippen LogP contribution is 2.22. The lowest BCUT2D eigenvalue weighted by Crippen LogP contribution is -2.36. The summed E-state index contributed by atoms with van der Waals surface area (Å²) in [4.78, 5) is 21.7. The van der Waals surface area contributed by atoms with E-state index in [-0.39, 0.29) is 12.5 Å². The van der Waals surface area contributed by atoms with Gasteiger partial charge in [-0.1, -0.05) is 17.7 Å². The summed E-state index contributed by atoms with van der Waals surface area (Å²) in [5.74, 6) is -0.357. The van der Waals surface area contributed by atoms with Crippen LogP contribution in [0.5, 0.6) is 0 Å². The van der Waals surface area contributed by atoms with Crippen molar-refractivity contribution in [2.75, 3.05) is 11.9 Å². The number of nitrogens with one attached hydrogen (secondary N) is 2. The van der Waals surface area contributed by atoms with Gasteiger partial charge in [0.15, 0.2) is 0 Å². The van der Waals surface area contributed by atoms with E-state index in [2.05, 4.69) is 10.6 Å². The fourth-order valence-electron chi connectivity index (χ4n) is 1.10. The molecule has 0 fully saturated rings. The number of nitrogens with two attached hydrogens (primary N) is 1. The molecular formula is C10H12ClN3O2. The van der Waals surface area contributed by atoms with Crippen LogP contribution in [0.4, 0.5) is 10.5 Å². The van der Waals surface area contributed by atoms with Gasteiger partial charge in [0.1, 0.15) is 0 Å². The van der Waals surface area contributed by atoms with E-state index in [9.17, 15) is 9.59 Å². The van der Waals surface area contributed by atoms with E-state index in [4.69, 9.17) is 17.3 Å². The molecule has 4 N–H and O–H groups in total. The van der Waals surface area contributed by atoms with Gasteiger partial charge in [-0.25, -0.2) is 4.79 Å². The molecule has 1 aromatic rings. The van der Waals surface area contributed by atoms with E-state index in [1.165, 1.54) is 0 Å². The molecule has 16 heavy (non-hydrogen) atoms. The molecule has 0 saturated carbocycles. The van der Waals surface area contributed by atoms with Gasteiger partial charge < -0.3 is 16.4 Å². The van der Waals surface area contributed by atoms with E-state index in [1.807, 2.05) is 0 Å². The molecule has 0 saturated heterocycles. The maximum Gasteiger partial charge on any atom is 0.312 e. The SMILES string of the molecule is Cc1c(Cl)cccc1NC(=O)CNC(N)=O. The van der Waals surface area contributed by atoms with E-state index in [0.29, 0.717) is 10.7 Å². The predicted molar refractivity (Wildman–Crippen MR) is 62.4 cm³/mol. The number of amides is 3. The number of benzene rings is 1. The van der Waals surface area contributed by atoms with Gasteiger partial charge in [0.25, 0.3) is 0 Å². The van der Waals surface area contributed by atoms with Gasteiger partial charge in [-0.15, -0.1) is 0 Å². The number of halogens is 1. The third-order valence-corrected chi connectivity index (χ3v) is 2.37. The highest BCUT2D eigenvalue weighted by Gasteiger charge is 2.06. The molecule has 0 aliphatic rings. The first-order chi connectivity index (χ1) is 7.50. The Morgan fingerprint density at radius 1 is 1.44 bits per heavy atom. The monoisotopic (exact) mass is 241 g/mol. The molecule has 5 nitrogen and oxygen atoms in total. The lowest BCUT2D eigenvalue weighted by Gasteiger charge is -2.09. The lowest BCUT2D eigenvalue weighted by molar-refractivity contribution is -0.115. The zero-order valence-electron chi connectivity index (χ0n) is 8.71. The Kier molecular flexibility index (Phi) is 4.13. The van der Waals surface area contributed by atoms with Crippen molar-refractivity contribution in [2.24, 2.45) is 5.73 Å². The van der Waals surface area contributed by atoms with Gasteiger partial charge in [-0.05, 0) is 24.6 Å². The smallest absolute Gasteiger partial charge is 0.312 e. The van der Waals surface area contributed by atoms with Crippen LogP contribution in [-0.4, -0.2) is 18.5 Å². The van der Waals surface area contributed by atoms with E-state index in [1.54, 1.807) is 25.1 Å². The predicted octanol–water partition coefficient (Wildman–Crippen LogP) is 1.26.